The largest absolute Gasteiger partial charge is 0.473 e. The van der Waals surface area contributed by atoms with E-state index in [-0.39, 0.29) is 0 Å². The molecule has 3 N–H and O–H groups in total. The normalized spacial score (nSPS) is 11.0. The molecule has 0 spiro atoms. The van der Waals surface area contributed by atoms with E-state index in [2.05, 4.69) is 24.4 Å². The van der Waals surface area contributed by atoms with Gasteiger partial charge in [0.2, 0.25) is 0 Å². The lowest BCUT2D eigenvalue weighted by atomic mass is 10.2. The number of carbonyl (C=O) groups is 2. The molecule has 0 aliphatic heterocycles. The summed E-state index contributed by atoms with van der Waals surface area (Å²) >= 11 is 0. The molecule has 0 saturated carbocycles. The highest BCUT2D eigenvalue weighted by atomic mass is 16.5. The summed E-state index contributed by atoms with van der Waals surface area (Å²) in [6, 6.07) is 18.3. The first-order valence-corrected chi connectivity index (χ1v) is 7.92. The summed E-state index contributed by atoms with van der Waals surface area (Å²) in [5, 5.41) is 18.2. The Labute approximate surface area is 152 Å². The second kappa shape index (κ2) is 11.6. The van der Waals surface area contributed by atoms with Crippen LogP contribution in [0, 0.1) is 0 Å². The van der Waals surface area contributed by atoms with Crippen molar-refractivity contribution < 1.29 is 29.3 Å². The highest BCUT2D eigenvalue weighted by molar-refractivity contribution is 6.27. The van der Waals surface area contributed by atoms with Gasteiger partial charge in [0.1, 0.15) is 11.5 Å². The molecule has 0 aromatic heterocycles. The molecule has 0 radical (unpaired) electrons. The van der Waals surface area contributed by atoms with Crippen LogP contribution in [0.3, 0.4) is 0 Å². The van der Waals surface area contributed by atoms with Crippen molar-refractivity contribution in [2.45, 2.75) is 19.5 Å². The summed E-state index contributed by atoms with van der Waals surface area (Å²) in [6.07, 6.45) is 0. The SMILES string of the molecule is COCC(C)NCc1cccc(Oc2ccccc2)c1.O=C(O)C(=O)O. The third-order valence-electron chi connectivity index (χ3n) is 3.13. The smallest absolute Gasteiger partial charge is 0.414 e. The van der Waals surface area contributed by atoms with Gasteiger partial charge in [-0.25, -0.2) is 9.59 Å². The Bertz CT molecular complexity index is 677. The predicted octanol–water partition coefficient (Wildman–Crippen LogP) is 2.76. The average molecular weight is 361 g/mol. The summed E-state index contributed by atoms with van der Waals surface area (Å²) in [5.41, 5.74) is 1.20. The zero-order valence-electron chi connectivity index (χ0n) is 14.7. The topological polar surface area (TPSA) is 105 Å². The molecule has 2 rings (SSSR count). The number of benzene rings is 2. The Hall–Kier alpha value is -2.90. The highest BCUT2D eigenvalue weighted by Gasteiger charge is 2.04. The van der Waals surface area contributed by atoms with E-state index < -0.39 is 11.9 Å². The number of hydrogen-bond acceptors (Lipinski definition) is 5. The number of para-hydroxylation sites is 1. The lowest BCUT2D eigenvalue weighted by molar-refractivity contribution is -0.159. The summed E-state index contributed by atoms with van der Waals surface area (Å²) in [6.45, 7) is 3.62. The van der Waals surface area contributed by atoms with E-state index in [4.69, 9.17) is 29.3 Å². The number of hydrogen-bond donors (Lipinski definition) is 3. The molecule has 140 valence electrons. The first kappa shape index (κ1) is 21.1. The van der Waals surface area contributed by atoms with Crippen molar-refractivity contribution in [2.75, 3.05) is 13.7 Å². The summed E-state index contributed by atoms with van der Waals surface area (Å²) in [7, 11) is 1.71. The fourth-order valence-corrected chi connectivity index (χ4v) is 1.94. The van der Waals surface area contributed by atoms with Crippen LogP contribution in [0.2, 0.25) is 0 Å². The molecule has 26 heavy (non-hydrogen) atoms. The third kappa shape index (κ3) is 8.81. The van der Waals surface area contributed by atoms with Gasteiger partial charge in [-0.3, -0.25) is 0 Å². The van der Waals surface area contributed by atoms with Gasteiger partial charge >= 0.3 is 11.9 Å². The van der Waals surface area contributed by atoms with Gasteiger partial charge in [0.15, 0.2) is 0 Å². The fourth-order valence-electron chi connectivity index (χ4n) is 1.94. The van der Waals surface area contributed by atoms with E-state index in [1.54, 1.807) is 7.11 Å². The number of nitrogens with one attached hydrogen (secondary N) is 1. The average Bonchev–Trinajstić information content (AvgIpc) is 2.62. The molecular formula is C19H23NO6. The lowest BCUT2D eigenvalue weighted by Gasteiger charge is -2.13. The number of rotatable bonds is 7. The Kier molecular flexibility index (Phi) is 9.45. The molecule has 0 aliphatic carbocycles. The maximum atomic E-state index is 9.10. The monoisotopic (exact) mass is 361 g/mol. The molecule has 0 amide bonds. The lowest BCUT2D eigenvalue weighted by Crippen LogP contribution is -2.29. The van der Waals surface area contributed by atoms with Gasteiger partial charge in [0.05, 0.1) is 6.61 Å². The summed E-state index contributed by atoms with van der Waals surface area (Å²) in [5.74, 6) is -1.94. The van der Waals surface area contributed by atoms with Crippen LogP contribution in [-0.2, 0) is 20.9 Å². The van der Waals surface area contributed by atoms with E-state index in [1.165, 1.54) is 5.56 Å². The van der Waals surface area contributed by atoms with Gasteiger partial charge in [0, 0.05) is 19.7 Å². The second-order valence-corrected chi connectivity index (χ2v) is 5.41. The van der Waals surface area contributed by atoms with Gasteiger partial charge in [-0.15, -0.1) is 0 Å². The Morgan fingerprint density at radius 2 is 1.62 bits per heavy atom. The van der Waals surface area contributed by atoms with E-state index in [0.717, 1.165) is 18.0 Å². The minimum Gasteiger partial charge on any atom is -0.473 e. The maximum Gasteiger partial charge on any atom is 0.414 e. The predicted molar refractivity (Wildman–Crippen MR) is 96.4 cm³/mol. The standard InChI is InChI=1S/C17H21NO2.C2H2O4/c1-14(13-19-2)18-12-15-7-6-10-17(11-15)20-16-8-4-3-5-9-16;3-1(4)2(5)6/h3-11,14,18H,12-13H2,1-2H3;(H,3,4)(H,5,6). The molecule has 0 saturated heterocycles. The number of ether oxygens (including phenoxy) is 2. The zero-order chi connectivity index (χ0) is 19.4. The van der Waals surface area contributed by atoms with Crippen LogP contribution in [0.15, 0.2) is 54.6 Å². The van der Waals surface area contributed by atoms with Crippen LogP contribution in [0.1, 0.15) is 12.5 Å². The molecule has 1 atom stereocenters. The summed E-state index contributed by atoms with van der Waals surface area (Å²) < 4.78 is 10.9. The first-order valence-electron chi connectivity index (χ1n) is 7.92. The molecule has 7 nitrogen and oxygen atoms in total. The van der Waals surface area contributed by atoms with Crippen LogP contribution in [-0.4, -0.2) is 41.9 Å². The molecule has 1 unspecified atom stereocenters. The number of aliphatic carboxylic acids is 2. The molecule has 2 aromatic carbocycles. The van der Waals surface area contributed by atoms with Crippen molar-refractivity contribution >= 4 is 11.9 Å². The van der Waals surface area contributed by atoms with Gasteiger partial charge < -0.3 is 25.0 Å². The molecule has 7 heteroatoms. The van der Waals surface area contributed by atoms with Crippen molar-refractivity contribution in [1.29, 1.82) is 0 Å². The minimum absolute atomic E-state index is 0.332. The molecule has 0 heterocycles. The van der Waals surface area contributed by atoms with Gasteiger partial charge in [-0.2, -0.15) is 0 Å². The highest BCUT2D eigenvalue weighted by Crippen LogP contribution is 2.21. The van der Waals surface area contributed by atoms with E-state index in [1.807, 2.05) is 42.5 Å². The second-order valence-electron chi connectivity index (χ2n) is 5.41. The van der Waals surface area contributed by atoms with Gasteiger partial charge in [0.25, 0.3) is 0 Å². The van der Waals surface area contributed by atoms with Gasteiger partial charge in [-0.05, 0) is 36.8 Å². The van der Waals surface area contributed by atoms with Crippen molar-refractivity contribution in [2.24, 2.45) is 0 Å². The Morgan fingerprint density at radius 3 is 2.19 bits per heavy atom. The zero-order valence-corrected chi connectivity index (χ0v) is 14.7. The van der Waals surface area contributed by atoms with Crippen molar-refractivity contribution in [3.63, 3.8) is 0 Å². The summed E-state index contributed by atoms with van der Waals surface area (Å²) in [4.78, 5) is 18.2. The van der Waals surface area contributed by atoms with E-state index in [0.29, 0.717) is 12.6 Å². The Balaban J connectivity index is 0.000000487. The number of carboxylic acid groups (broad SMARTS) is 2. The van der Waals surface area contributed by atoms with Crippen LogP contribution in [0.4, 0.5) is 0 Å². The van der Waals surface area contributed by atoms with E-state index in [9.17, 15) is 0 Å². The Morgan fingerprint density at radius 1 is 1.00 bits per heavy atom. The number of carboxylic acids is 2. The van der Waals surface area contributed by atoms with Gasteiger partial charge in [-0.1, -0.05) is 30.3 Å². The van der Waals surface area contributed by atoms with Crippen molar-refractivity contribution in [3.05, 3.63) is 60.2 Å². The molecule has 0 fully saturated rings. The first-order chi connectivity index (χ1) is 12.4. The molecule has 2 aromatic rings. The number of methoxy groups -OCH3 is 1. The van der Waals surface area contributed by atoms with E-state index >= 15 is 0 Å². The maximum absolute atomic E-state index is 9.10. The molecule has 0 bridgehead atoms. The van der Waals surface area contributed by atoms with Crippen LogP contribution in [0.5, 0.6) is 11.5 Å². The quantitative estimate of drug-likeness (QED) is 0.651. The minimum atomic E-state index is -1.82. The van der Waals surface area contributed by atoms with Crippen molar-refractivity contribution in [1.82, 2.24) is 5.32 Å². The fraction of sp³-hybridized carbons (Fsp3) is 0.263. The van der Waals surface area contributed by atoms with Crippen molar-refractivity contribution in [3.8, 4) is 11.5 Å². The van der Waals surface area contributed by atoms with Crippen LogP contribution < -0.4 is 10.1 Å². The van der Waals surface area contributed by atoms with Crippen LogP contribution >= 0.6 is 0 Å². The molecule has 0 aliphatic rings. The third-order valence-corrected chi connectivity index (χ3v) is 3.13. The molecular weight excluding hydrogens is 338 g/mol. The van der Waals surface area contributed by atoms with Crippen LogP contribution in [0.25, 0.3) is 0 Å².